The van der Waals surface area contributed by atoms with Gasteiger partial charge >= 0.3 is 0 Å². The Labute approximate surface area is 169 Å². The lowest BCUT2D eigenvalue weighted by molar-refractivity contribution is -0.131. The van der Waals surface area contributed by atoms with Gasteiger partial charge in [0.15, 0.2) is 9.84 Å². The highest BCUT2D eigenvalue weighted by Crippen LogP contribution is 2.24. The number of carbonyl (C=O) groups is 1. The summed E-state index contributed by atoms with van der Waals surface area (Å²) in [5, 5.41) is -0.749. The Morgan fingerprint density at radius 3 is 2.38 bits per heavy atom. The maximum Gasteiger partial charge on any atom is 0.241 e. The van der Waals surface area contributed by atoms with Crippen molar-refractivity contribution < 1.29 is 26.0 Å². The number of amides is 1. The summed E-state index contributed by atoms with van der Waals surface area (Å²) < 4.78 is 65.8. The van der Waals surface area contributed by atoms with Crippen molar-refractivity contribution in [3.63, 3.8) is 0 Å². The van der Waals surface area contributed by atoms with Gasteiger partial charge in [0.1, 0.15) is 5.82 Å². The maximum atomic E-state index is 13.3. The zero-order valence-electron chi connectivity index (χ0n) is 15.7. The van der Waals surface area contributed by atoms with Crippen molar-refractivity contribution in [1.82, 2.24) is 9.62 Å². The topological polar surface area (TPSA) is 101 Å². The molecule has 0 saturated carbocycles. The molecule has 1 aliphatic heterocycles. The molecule has 2 atom stereocenters. The Bertz CT molecular complexity index is 1100. The summed E-state index contributed by atoms with van der Waals surface area (Å²) in [6, 6.07) is 11.3. The van der Waals surface area contributed by atoms with Crippen LogP contribution in [-0.4, -0.2) is 52.0 Å². The second-order valence-electron chi connectivity index (χ2n) is 6.85. The zero-order valence-corrected chi connectivity index (χ0v) is 17.3. The van der Waals surface area contributed by atoms with Crippen LogP contribution in [0, 0.1) is 5.82 Å². The lowest BCUT2D eigenvalue weighted by Crippen LogP contribution is -2.46. The number of benzene rings is 2. The van der Waals surface area contributed by atoms with E-state index in [4.69, 9.17) is 0 Å². The van der Waals surface area contributed by atoms with Gasteiger partial charge in [-0.1, -0.05) is 24.3 Å². The van der Waals surface area contributed by atoms with Crippen molar-refractivity contribution in [2.75, 3.05) is 13.1 Å². The lowest BCUT2D eigenvalue weighted by Gasteiger charge is -2.22. The molecule has 1 fully saturated rings. The van der Waals surface area contributed by atoms with Crippen molar-refractivity contribution >= 4 is 25.8 Å². The summed E-state index contributed by atoms with van der Waals surface area (Å²) in [6.07, 6.45) is 0.270. The van der Waals surface area contributed by atoms with Crippen LogP contribution in [0.4, 0.5) is 4.39 Å². The molecule has 1 heterocycles. The predicted octanol–water partition coefficient (Wildman–Crippen LogP) is 1.57. The Morgan fingerprint density at radius 2 is 1.72 bits per heavy atom. The van der Waals surface area contributed by atoms with Gasteiger partial charge in [-0.25, -0.2) is 21.2 Å². The molecule has 2 aromatic carbocycles. The van der Waals surface area contributed by atoms with Crippen LogP contribution in [0.2, 0.25) is 0 Å². The van der Waals surface area contributed by atoms with E-state index >= 15 is 0 Å². The SMILES string of the molecule is CC(NS(=O)(=O)c1cccc(F)c1)C(=O)N1CCC(S(=O)(=O)c2ccccc2)C1. The summed E-state index contributed by atoms with van der Waals surface area (Å²) in [4.78, 5) is 13.9. The quantitative estimate of drug-likeness (QED) is 0.735. The first-order valence-electron chi connectivity index (χ1n) is 8.97. The van der Waals surface area contributed by atoms with Crippen molar-refractivity contribution in [2.24, 2.45) is 0 Å². The van der Waals surface area contributed by atoms with Crippen LogP contribution in [0.25, 0.3) is 0 Å². The summed E-state index contributed by atoms with van der Waals surface area (Å²) in [5.41, 5.74) is 0. The first-order chi connectivity index (χ1) is 13.6. The number of carbonyl (C=O) groups excluding carboxylic acids is 1. The third-order valence-corrected chi connectivity index (χ3v) is 8.51. The van der Waals surface area contributed by atoms with Crippen LogP contribution < -0.4 is 4.72 Å². The summed E-state index contributed by atoms with van der Waals surface area (Å²) in [5.74, 6) is -1.24. The number of rotatable bonds is 6. The number of hydrogen-bond acceptors (Lipinski definition) is 5. The molecular weight excluding hydrogens is 419 g/mol. The van der Waals surface area contributed by atoms with Crippen LogP contribution in [-0.2, 0) is 24.7 Å². The summed E-state index contributed by atoms with van der Waals surface area (Å²) in [7, 11) is -7.69. The summed E-state index contributed by atoms with van der Waals surface area (Å²) >= 11 is 0. The van der Waals surface area contributed by atoms with Gasteiger partial charge in [-0.15, -0.1) is 0 Å². The highest BCUT2D eigenvalue weighted by atomic mass is 32.2. The van der Waals surface area contributed by atoms with Gasteiger partial charge in [0, 0.05) is 13.1 Å². The largest absolute Gasteiger partial charge is 0.340 e. The standard InChI is InChI=1S/C19H21FN2O5S2/c1-14(21-29(26,27)17-9-5-6-15(20)12-17)19(23)22-11-10-18(13-22)28(24,25)16-7-3-2-4-8-16/h2-9,12,14,18,21H,10-11,13H2,1H3. The highest BCUT2D eigenvalue weighted by Gasteiger charge is 2.37. The van der Waals surface area contributed by atoms with Gasteiger partial charge in [-0.3, -0.25) is 4.79 Å². The number of hydrogen-bond donors (Lipinski definition) is 1. The predicted molar refractivity (Wildman–Crippen MR) is 105 cm³/mol. The molecule has 1 N–H and O–H groups in total. The van der Waals surface area contributed by atoms with E-state index in [0.29, 0.717) is 0 Å². The van der Waals surface area contributed by atoms with Gasteiger partial charge in [0.25, 0.3) is 0 Å². The van der Waals surface area contributed by atoms with Gasteiger partial charge in [-0.05, 0) is 43.7 Å². The molecule has 1 saturated heterocycles. The van der Waals surface area contributed by atoms with Crippen LogP contribution in [0.15, 0.2) is 64.4 Å². The van der Waals surface area contributed by atoms with Crippen molar-refractivity contribution in [1.29, 1.82) is 0 Å². The van der Waals surface area contributed by atoms with E-state index in [2.05, 4.69) is 4.72 Å². The van der Waals surface area contributed by atoms with Crippen LogP contribution in [0.1, 0.15) is 13.3 Å². The maximum absolute atomic E-state index is 13.3. The minimum absolute atomic E-state index is 0.0118. The van der Waals surface area contributed by atoms with Crippen molar-refractivity contribution in [3.05, 3.63) is 60.4 Å². The van der Waals surface area contributed by atoms with Crippen molar-refractivity contribution in [2.45, 2.75) is 34.4 Å². The van der Waals surface area contributed by atoms with E-state index in [9.17, 15) is 26.0 Å². The van der Waals surface area contributed by atoms with Crippen LogP contribution >= 0.6 is 0 Å². The molecule has 156 valence electrons. The molecule has 0 spiro atoms. The first kappa shape index (κ1) is 21.4. The second-order valence-corrected chi connectivity index (χ2v) is 10.8. The third-order valence-electron chi connectivity index (χ3n) is 4.78. The average molecular weight is 441 g/mol. The molecule has 7 nitrogen and oxygen atoms in total. The number of sulfone groups is 1. The fourth-order valence-electron chi connectivity index (χ4n) is 3.24. The van der Waals surface area contributed by atoms with Gasteiger partial charge in [-0.2, -0.15) is 4.72 Å². The molecule has 3 rings (SSSR count). The Hall–Kier alpha value is -2.30. The second kappa shape index (κ2) is 8.21. The van der Waals surface area contributed by atoms with E-state index in [-0.39, 0.29) is 29.3 Å². The van der Waals surface area contributed by atoms with E-state index in [0.717, 1.165) is 12.1 Å². The van der Waals surface area contributed by atoms with Crippen LogP contribution in [0.5, 0.6) is 0 Å². The van der Waals surface area contributed by atoms with Crippen molar-refractivity contribution in [3.8, 4) is 0 Å². The van der Waals surface area contributed by atoms with E-state index < -0.39 is 42.9 Å². The molecule has 10 heteroatoms. The Balaban J connectivity index is 1.68. The minimum atomic E-state index is -4.10. The average Bonchev–Trinajstić information content (AvgIpc) is 3.19. The normalized spacial score (nSPS) is 18.6. The van der Waals surface area contributed by atoms with E-state index in [1.807, 2.05) is 0 Å². The number of likely N-dealkylation sites (tertiary alicyclic amines) is 1. The molecular formula is C19H21FN2O5S2. The molecule has 1 aliphatic rings. The molecule has 0 aliphatic carbocycles. The van der Waals surface area contributed by atoms with E-state index in [1.54, 1.807) is 18.2 Å². The Kier molecular flexibility index (Phi) is 6.06. The smallest absolute Gasteiger partial charge is 0.241 e. The molecule has 2 aromatic rings. The summed E-state index contributed by atoms with van der Waals surface area (Å²) in [6.45, 7) is 1.57. The monoisotopic (exact) mass is 440 g/mol. The molecule has 1 amide bonds. The Morgan fingerprint density at radius 1 is 1.07 bits per heavy atom. The molecule has 0 aromatic heterocycles. The minimum Gasteiger partial charge on any atom is -0.340 e. The number of nitrogens with zero attached hydrogens (tertiary/aromatic N) is 1. The molecule has 2 unspecified atom stereocenters. The number of halogens is 1. The van der Waals surface area contributed by atoms with Gasteiger partial charge in [0.2, 0.25) is 15.9 Å². The highest BCUT2D eigenvalue weighted by molar-refractivity contribution is 7.92. The fourth-order valence-corrected chi connectivity index (χ4v) is 6.18. The van der Waals surface area contributed by atoms with E-state index in [1.165, 1.54) is 36.1 Å². The van der Waals surface area contributed by atoms with Gasteiger partial charge < -0.3 is 4.90 Å². The fraction of sp³-hybridized carbons (Fsp3) is 0.316. The van der Waals surface area contributed by atoms with Gasteiger partial charge in [0.05, 0.1) is 21.1 Å². The number of sulfonamides is 1. The molecule has 0 bridgehead atoms. The lowest BCUT2D eigenvalue weighted by atomic mass is 10.3. The first-order valence-corrected chi connectivity index (χ1v) is 12.0. The molecule has 0 radical (unpaired) electrons. The molecule has 29 heavy (non-hydrogen) atoms. The van der Waals surface area contributed by atoms with Crippen LogP contribution in [0.3, 0.4) is 0 Å². The third kappa shape index (κ3) is 4.65. The number of nitrogens with one attached hydrogen (secondary N) is 1. The zero-order chi connectivity index (χ0) is 21.2.